The third-order valence-corrected chi connectivity index (χ3v) is 4.76. The van der Waals surface area contributed by atoms with Gasteiger partial charge >= 0.3 is 0 Å². The molecule has 0 spiro atoms. The molecular formula is C20H26N4O3. The highest BCUT2D eigenvalue weighted by Gasteiger charge is 2.28. The van der Waals surface area contributed by atoms with Crippen LogP contribution < -0.4 is 15.2 Å². The number of piperidine rings is 1. The van der Waals surface area contributed by atoms with Crippen LogP contribution in [0.2, 0.25) is 0 Å². The number of ether oxygens (including phenoxy) is 2. The molecule has 3 rings (SSSR count). The van der Waals surface area contributed by atoms with Crippen molar-refractivity contribution in [3.8, 4) is 11.5 Å². The quantitative estimate of drug-likeness (QED) is 0.752. The summed E-state index contributed by atoms with van der Waals surface area (Å²) < 4.78 is 11.3. The van der Waals surface area contributed by atoms with Gasteiger partial charge in [0.25, 0.3) is 5.91 Å². The van der Waals surface area contributed by atoms with Crippen molar-refractivity contribution < 1.29 is 14.3 Å². The number of hydrogen-bond donors (Lipinski definition) is 1. The number of para-hydroxylation sites is 1. The molecule has 2 heterocycles. The molecule has 1 aliphatic heterocycles. The van der Waals surface area contributed by atoms with E-state index in [9.17, 15) is 4.79 Å². The molecule has 1 atom stereocenters. The van der Waals surface area contributed by atoms with Crippen LogP contribution in [0.5, 0.6) is 11.5 Å². The zero-order chi connectivity index (χ0) is 19.1. The molecule has 0 saturated carbocycles. The van der Waals surface area contributed by atoms with Crippen LogP contribution in [0.4, 0.5) is 0 Å². The molecule has 0 bridgehead atoms. The van der Waals surface area contributed by atoms with E-state index in [2.05, 4.69) is 9.97 Å². The lowest BCUT2D eigenvalue weighted by atomic mass is 9.94. The van der Waals surface area contributed by atoms with Gasteiger partial charge in [0.2, 0.25) is 0 Å². The lowest BCUT2D eigenvalue weighted by Crippen LogP contribution is -2.39. The van der Waals surface area contributed by atoms with E-state index < -0.39 is 0 Å². The maximum atomic E-state index is 13.2. The number of rotatable bonds is 7. The van der Waals surface area contributed by atoms with Gasteiger partial charge in [0.15, 0.2) is 11.5 Å². The highest BCUT2D eigenvalue weighted by Crippen LogP contribution is 2.34. The molecule has 1 aromatic heterocycles. The second-order valence-electron chi connectivity index (χ2n) is 6.55. The number of methoxy groups -OCH3 is 1. The minimum absolute atomic E-state index is 0.0459. The van der Waals surface area contributed by atoms with Crippen LogP contribution >= 0.6 is 0 Å². The summed E-state index contributed by atoms with van der Waals surface area (Å²) in [5.41, 5.74) is 7.05. The van der Waals surface area contributed by atoms with Crippen molar-refractivity contribution in [1.82, 2.24) is 14.9 Å². The first-order chi connectivity index (χ1) is 13.2. The van der Waals surface area contributed by atoms with Crippen LogP contribution in [-0.4, -0.2) is 54.1 Å². The Balaban J connectivity index is 1.80. The van der Waals surface area contributed by atoms with E-state index in [-0.39, 0.29) is 11.8 Å². The van der Waals surface area contributed by atoms with Gasteiger partial charge in [-0.1, -0.05) is 6.07 Å². The summed E-state index contributed by atoms with van der Waals surface area (Å²) >= 11 is 0. The molecule has 1 fully saturated rings. The third kappa shape index (κ3) is 4.54. The van der Waals surface area contributed by atoms with E-state index in [1.54, 1.807) is 31.8 Å². The van der Waals surface area contributed by atoms with Crippen LogP contribution in [0.1, 0.15) is 41.2 Å². The Morgan fingerprint density at radius 2 is 2.26 bits per heavy atom. The SMILES string of the molecule is COc1cccc(C(=O)N2CCC[C@@H](c3ccncn3)C2)c1OCCCN. The summed E-state index contributed by atoms with van der Waals surface area (Å²) in [7, 11) is 1.57. The second-order valence-corrected chi connectivity index (χ2v) is 6.55. The van der Waals surface area contributed by atoms with Crippen LogP contribution in [-0.2, 0) is 0 Å². The molecule has 1 aliphatic rings. The smallest absolute Gasteiger partial charge is 0.257 e. The molecule has 7 heteroatoms. The van der Waals surface area contributed by atoms with E-state index >= 15 is 0 Å². The Hall–Kier alpha value is -2.67. The maximum absolute atomic E-state index is 13.2. The molecule has 1 aromatic carbocycles. The van der Waals surface area contributed by atoms with Crippen molar-refractivity contribution in [3.05, 3.63) is 48.0 Å². The topological polar surface area (TPSA) is 90.6 Å². The van der Waals surface area contributed by atoms with Crippen molar-refractivity contribution >= 4 is 5.91 Å². The van der Waals surface area contributed by atoms with Gasteiger partial charge in [-0.15, -0.1) is 0 Å². The van der Waals surface area contributed by atoms with Gasteiger partial charge in [-0.2, -0.15) is 0 Å². The summed E-state index contributed by atoms with van der Waals surface area (Å²) in [5, 5.41) is 0. The van der Waals surface area contributed by atoms with Crippen LogP contribution in [0.25, 0.3) is 0 Å². The number of carbonyl (C=O) groups is 1. The van der Waals surface area contributed by atoms with Gasteiger partial charge in [-0.25, -0.2) is 9.97 Å². The first kappa shape index (κ1) is 19.1. The number of nitrogens with two attached hydrogens (primary N) is 1. The average molecular weight is 370 g/mol. The van der Waals surface area contributed by atoms with E-state index in [0.29, 0.717) is 43.2 Å². The molecule has 1 amide bonds. The molecule has 0 unspecified atom stereocenters. The highest BCUT2D eigenvalue weighted by atomic mass is 16.5. The minimum atomic E-state index is -0.0459. The van der Waals surface area contributed by atoms with Crippen molar-refractivity contribution in [3.63, 3.8) is 0 Å². The largest absolute Gasteiger partial charge is 0.493 e. The maximum Gasteiger partial charge on any atom is 0.257 e. The number of likely N-dealkylation sites (tertiary alicyclic amines) is 1. The molecule has 0 radical (unpaired) electrons. The van der Waals surface area contributed by atoms with Gasteiger partial charge in [0.1, 0.15) is 6.33 Å². The molecule has 2 N–H and O–H groups in total. The second kappa shape index (κ2) is 9.32. The number of hydrogen-bond acceptors (Lipinski definition) is 6. The Morgan fingerprint density at radius 1 is 1.37 bits per heavy atom. The predicted octanol–water partition coefficient (Wildman–Crippen LogP) is 2.23. The monoisotopic (exact) mass is 370 g/mol. The number of carbonyl (C=O) groups excluding carboxylic acids is 1. The van der Waals surface area contributed by atoms with Crippen molar-refractivity contribution in [2.24, 2.45) is 5.73 Å². The molecule has 1 saturated heterocycles. The first-order valence-corrected chi connectivity index (χ1v) is 9.29. The first-order valence-electron chi connectivity index (χ1n) is 9.29. The molecule has 2 aromatic rings. The normalized spacial score (nSPS) is 16.8. The fourth-order valence-electron chi connectivity index (χ4n) is 3.37. The van der Waals surface area contributed by atoms with Crippen molar-refractivity contribution in [2.75, 3.05) is 33.4 Å². The zero-order valence-corrected chi connectivity index (χ0v) is 15.6. The number of amides is 1. The number of nitrogens with zero attached hydrogens (tertiary/aromatic N) is 3. The fraction of sp³-hybridized carbons (Fsp3) is 0.450. The van der Waals surface area contributed by atoms with E-state index in [4.69, 9.17) is 15.2 Å². The summed E-state index contributed by atoms with van der Waals surface area (Å²) in [6.45, 7) is 2.33. The fourth-order valence-corrected chi connectivity index (χ4v) is 3.37. The van der Waals surface area contributed by atoms with Crippen LogP contribution in [0, 0.1) is 0 Å². The van der Waals surface area contributed by atoms with E-state index in [1.165, 1.54) is 0 Å². The summed E-state index contributed by atoms with van der Waals surface area (Å²) in [6, 6.07) is 7.32. The average Bonchev–Trinajstić information content (AvgIpc) is 2.74. The molecular weight excluding hydrogens is 344 g/mol. The highest BCUT2D eigenvalue weighted by molar-refractivity contribution is 5.98. The Bertz CT molecular complexity index is 754. The summed E-state index contributed by atoms with van der Waals surface area (Å²) in [4.78, 5) is 23.4. The molecule has 144 valence electrons. The van der Waals surface area contributed by atoms with Gasteiger partial charge in [-0.05, 0) is 44.0 Å². The molecule has 27 heavy (non-hydrogen) atoms. The Labute approximate surface area is 159 Å². The van der Waals surface area contributed by atoms with Gasteiger partial charge in [0.05, 0.1) is 19.3 Å². The van der Waals surface area contributed by atoms with Crippen molar-refractivity contribution in [2.45, 2.75) is 25.2 Å². The summed E-state index contributed by atoms with van der Waals surface area (Å²) in [6.07, 6.45) is 5.97. The lowest BCUT2D eigenvalue weighted by molar-refractivity contribution is 0.0700. The predicted molar refractivity (Wildman–Crippen MR) is 102 cm³/mol. The summed E-state index contributed by atoms with van der Waals surface area (Å²) in [5.74, 6) is 1.22. The molecule has 0 aliphatic carbocycles. The zero-order valence-electron chi connectivity index (χ0n) is 15.6. The van der Waals surface area contributed by atoms with Crippen LogP contribution in [0.15, 0.2) is 36.8 Å². The van der Waals surface area contributed by atoms with Crippen LogP contribution in [0.3, 0.4) is 0 Å². The Morgan fingerprint density at radius 3 is 3.00 bits per heavy atom. The number of benzene rings is 1. The lowest BCUT2D eigenvalue weighted by Gasteiger charge is -2.33. The van der Waals surface area contributed by atoms with E-state index in [0.717, 1.165) is 25.1 Å². The Kier molecular flexibility index (Phi) is 6.59. The molecule has 7 nitrogen and oxygen atoms in total. The van der Waals surface area contributed by atoms with Crippen molar-refractivity contribution in [1.29, 1.82) is 0 Å². The van der Waals surface area contributed by atoms with Gasteiger partial charge in [0, 0.05) is 30.9 Å². The standard InChI is InChI=1S/C20H26N4O3/c1-26-18-7-2-6-16(19(18)27-12-4-9-21)20(25)24-11-3-5-15(13-24)17-8-10-22-14-23-17/h2,6-8,10,14-15H,3-5,9,11-13,21H2,1H3/t15-/m1/s1. The van der Waals surface area contributed by atoms with Gasteiger partial charge in [-0.3, -0.25) is 4.79 Å². The van der Waals surface area contributed by atoms with E-state index in [1.807, 2.05) is 17.0 Å². The third-order valence-electron chi connectivity index (χ3n) is 4.76. The van der Waals surface area contributed by atoms with Gasteiger partial charge < -0.3 is 20.1 Å². The number of aromatic nitrogens is 2. The minimum Gasteiger partial charge on any atom is -0.493 e.